The molecule has 0 aromatic heterocycles. The predicted molar refractivity (Wildman–Crippen MR) is 134 cm³/mol. The number of nitrogens with zero attached hydrogens (tertiary/aromatic N) is 1. The minimum absolute atomic E-state index is 0. The van der Waals surface area contributed by atoms with Crippen LogP contribution in [0.15, 0.2) is 36.4 Å². The highest BCUT2D eigenvalue weighted by molar-refractivity contribution is 5.95. The van der Waals surface area contributed by atoms with E-state index >= 15 is 0 Å². The summed E-state index contributed by atoms with van der Waals surface area (Å²) in [5, 5.41) is 3.49. The van der Waals surface area contributed by atoms with Gasteiger partial charge in [-0.2, -0.15) is 0 Å². The number of carbonyl (C=O) groups excluding carboxylic acids is 1. The quantitative estimate of drug-likeness (QED) is 0.626. The first-order valence-electron chi connectivity index (χ1n) is 10.8. The molecule has 7 nitrogen and oxygen atoms in total. The zero-order chi connectivity index (χ0) is 21.8. The molecule has 2 aliphatic heterocycles. The maximum absolute atomic E-state index is 13.2. The SMILES string of the molecule is COc1cc(CN)ccc1Oc1ccc(C(=O)N2CCC3(CCCNC3)C2)cc1OC.Cl.Cl. The number of likely N-dealkylation sites (tertiary alicyclic amines) is 1. The van der Waals surface area contributed by atoms with Gasteiger partial charge >= 0.3 is 0 Å². The third-order valence-electron chi connectivity index (χ3n) is 6.38. The van der Waals surface area contributed by atoms with Crippen LogP contribution in [0.3, 0.4) is 0 Å². The molecule has 3 N–H and O–H groups in total. The van der Waals surface area contributed by atoms with Crippen molar-refractivity contribution in [3.8, 4) is 23.0 Å². The summed E-state index contributed by atoms with van der Waals surface area (Å²) in [5.74, 6) is 2.21. The van der Waals surface area contributed by atoms with Crippen LogP contribution in [-0.2, 0) is 6.54 Å². The second-order valence-electron chi connectivity index (χ2n) is 8.41. The van der Waals surface area contributed by atoms with Crippen molar-refractivity contribution in [3.05, 3.63) is 47.5 Å². The van der Waals surface area contributed by atoms with Gasteiger partial charge in [0.25, 0.3) is 5.91 Å². The highest BCUT2D eigenvalue weighted by Gasteiger charge is 2.40. The Morgan fingerprint density at radius 2 is 1.73 bits per heavy atom. The highest BCUT2D eigenvalue weighted by Crippen LogP contribution is 2.39. The molecular formula is C24H33Cl2N3O4. The largest absolute Gasteiger partial charge is 0.493 e. The minimum atomic E-state index is 0. The first kappa shape index (κ1) is 27.1. The van der Waals surface area contributed by atoms with Crippen LogP contribution in [0.4, 0.5) is 0 Å². The van der Waals surface area contributed by atoms with E-state index in [4.69, 9.17) is 19.9 Å². The van der Waals surface area contributed by atoms with Crippen molar-refractivity contribution in [1.82, 2.24) is 10.2 Å². The van der Waals surface area contributed by atoms with Gasteiger partial charge in [0.05, 0.1) is 14.2 Å². The molecule has 2 aliphatic rings. The summed E-state index contributed by atoms with van der Waals surface area (Å²) in [4.78, 5) is 15.1. The molecule has 0 saturated carbocycles. The van der Waals surface area contributed by atoms with Crippen LogP contribution >= 0.6 is 24.8 Å². The Bertz CT molecular complexity index is 951. The Morgan fingerprint density at radius 1 is 1.03 bits per heavy atom. The molecule has 1 atom stereocenters. The van der Waals surface area contributed by atoms with Gasteiger partial charge in [-0.05, 0) is 61.7 Å². The fourth-order valence-electron chi connectivity index (χ4n) is 4.60. The van der Waals surface area contributed by atoms with Gasteiger partial charge < -0.3 is 30.2 Å². The Balaban J connectivity index is 0.00000193. The topological polar surface area (TPSA) is 86.1 Å². The summed E-state index contributed by atoms with van der Waals surface area (Å²) < 4.78 is 17.0. The van der Waals surface area contributed by atoms with E-state index in [1.807, 2.05) is 23.1 Å². The lowest BCUT2D eigenvalue weighted by atomic mass is 9.80. The number of ether oxygens (including phenoxy) is 3. The lowest BCUT2D eigenvalue weighted by Crippen LogP contribution is -2.42. The molecule has 2 heterocycles. The summed E-state index contributed by atoms with van der Waals surface area (Å²) in [6.45, 7) is 4.10. The molecule has 2 aromatic carbocycles. The molecule has 0 bridgehead atoms. The number of nitrogens with one attached hydrogen (secondary N) is 1. The zero-order valence-electron chi connectivity index (χ0n) is 19.1. The fourth-order valence-corrected chi connectivity index (χ4v) is 4.60. The van der Waals surface area contributed by atoms with Crippen molar-refractivity contribution in [1.29, 1.82) is 0 Å². The van der Waals surface area contributed by atoms with Crippen molar-refractivity contribution in [2.24, 2.45) is 11.1 Å². The smallest absolute Gasteiger partial charge is 0.254 e. The highest BCUT2D eigenvalue weighted by atomic mass is 35.5. The van der Waals surface area contributed by atoms with E-state index in [2.05, 4.69) is 5.32 Å². The molecule has 0 aliphatic carbocycles. The number of halogens is 2. The second-order valence-corrected chi connectivity index (χ2v) is 8.41. The molecule has 1 unspecified atom stereocenters. The second kappa shape index (κ2) is 11.8. The molecule has 2 fully saturated rings. The summed E-state index contributed by atoms with van der Waals surface area (Å²) >= 11 is 0. The lowest BCUT2D eigenvalue weighted by Gasteiger charge is -2.33. The average molecular weight is 498 g/mol. The van der Waals surface area contributed by atoms with E-state index in [1.54, 1.807) is 32.4 Å². The number of benzene rings is 2. The van der Waals surface area contributed by atoms with Crippen molar-refractivity contribution >= 4 is 30.7 Å². The van der Waals surface area contributed by atoms with Gasteiger partial charge in [0.15, 0.2) is 23.0 Å². The standard InChI is InChI=1S/C24H31N3O4.2ClH/c1-29-21-12-17(14-25)4-6-19(21)31-20-7-5-18(13-22(20)30-2)23(28)27-11-9-24(16-27)8-3-10-26-15-24;;/h4-7,12-13,26H,3,8-11,14-16,25H2,1-2H3;2*1H. The molecule has 2 aromatic rings. The summed E-state index contributed by atoms with van der Waals surface area (Å²) in [7, 11) is 3.16. The van der Waals surface area contributed by atoms with Gasteiger partial charge in [-0.15, -0.1) is 24.8 Å². The Hall–Kier alpha value is -2.19. The molecule has 182 valence electrons. The van der Waals surface area contributed by atoms with Gasteiger partial charge in [-0.25, -0.2) is 0 Å². The van der Waals surface area contributed by atoms with Crippen molar-refractivity contribution < 1.29 is 19.0 Å². The van der Waals surface area contributed by atoms with Crippen LogP contribution in [0.1, 0.15) is 35.2 Å². The number of hydrogen-bond donors (Lipinski definition) is 2. The van der Waals surface area contributed by atoms with Gasteiger partial charge in [0.2, 0.25) is 0 Å². The van der Waals surface area contributed by atoms with E-state index < -0.39 is 0 Å². The summed E-state index contributed by atoms with van der Waals surface area (Å²) in [5.41, 5.74) is 7.50. The third-order valence-corrected chi connectivity index (χ3v) is 6.38. The molecule has 33 heavy (non-hydrogen) atoms. The van der Waals surface area contributed by atoms with Gasteiger partial charge in [0, 0.05) is 37.2 Å². The number of amides is 1. The number of carbonyl (C=O) groups is 1. The van der Waals surface area contributed by atoms with E-state index in [1.165, 1.54) is 12.8 Å². The normalized spacial score (nSPS) is 19.4. The van der Waals surface area contributed by atoms with Crippen molar-refractivity contribution in [3.63, 3.8) is 0 Å². The monoisotopic (exact) mass is 497 g/mol. The number of methoxy groups -OCH3 is 2. The van der Waals surface area contributed by atoms with Crippen molar-refractivity contribution in [2.75, 3.05) is 40.4 Å². The molecule has 1 spiro atoms. The molecule has 0 radical (unpaired) electrons. The van der Waals surface area contributed by atoms with Crippen LogP contribution in [0.2, 0.25) is 0 Å². The van der Waals surface area contributed by atoms with E-state index in [0.717, 1.165) is 38.2 Å². The van der Waals surface area contributed by atoms with Crippen LogP contribution < -0.4 is 25.3 Å². The molecular weight excluding hydrogens is 465 g/mol. The van der Waals surface area contributed by atoms with Gasteiger partial charge in [-0.1, -0.05) is 6.07 Å². The number of hydrogen-bond acceptors (Lipinski definition) is 6. The lowest BCUT2D eigenvalue weighted by molar-refractivity contribution is 0.0764. The molecule has 4 rings (SSSR count). The first-order valence-corrected chi connectivity index (χ1v) is 10.8. The third kappa shape index (κ3) is 5.84. The van der Waals surface area contributed by atoms with Gasteiger partial charge in [-0.3, -0.25) is 4.79 Å². The Kier molecular flexibility index (Phi) is 9.67. The molecule has 2 saturated heterocycles. The van der Waals surface area contributed by atoms with Crippen LogP contribution in [0.25, 0.3) is 0 Å². The maximum Gasteiger partial charge on any atom is 0.254 e. The number of nitrogens with two attached hydrogens (primary N) is 1. The number of piperidine rings is 1. The van der Waals surface area contributed by atoms with Crippen LogP contribution in [0, 0.1) is 5.41 Å². The predicted octanol–water partition coefficient (Wildman–Crippen LogP) is 4.01. The Labute approximate surface area is 207 Å². The molecule has 9 heteroatoms. The zero-order valence-corrected chi connectivity index (χ0v) is 20.7. The van der Waals surface area contributed by atoms with Crippen LogP contribution in [0.5, 0.6) is 23.0 Å². The number of rotatable bonds is 6. The maximum atomic E-state index is 13.2. The van der Waals surface area contributed by atoms with E-state index in [0.29, 0.717) is 35.1 Å². The summed E-state index contributed by atoms with van der Waals surface area (Å²) in [6, 6.07) is 10.9. The minimum Gasteiger partial charge on any atom is -0.493 e. The van der Waals surface area contributed by atoms with E-state index in [9.17, 15) is 4.79 Å². The Morgan fingerprint density at radius 3 is 2.36 bits per heavy atom. The summed E-state index contributed by atoms with van der Waals surface area (Å²) in [6.07, 6.45) is 3.42. The average Bonchev–Trinajstić information content (AvgIpc) is 3.22. The fraction of sp³-hybridized carbons (Fsp3) is 0.458. The first-order chi connectivity index (χ1) is 15.1. The van der Waals surface area contributed by atoms with Gasteiger partial charge in [0.1, 0.15) is 0 Å². The van der Waals surface area contributed by atoms with E-state index in [-0.39, 0.29) is 36.1 Å². The molecule has 1 amide bonds. The van der Waals surface area contributed by atoms with Crippen molar-refractivity contribution in [2.45, 2.75) is 25.8 Å². The van der Waals surface area contributed by atoms with Crippen LogP contribution in [-0.4, -0.2) is 51.2 Å².